The van der Waals surface area contributed by atoms with Gasteiger partial charge < -0.3 is 24.8 Å². The molecule has 3 heterocycles. The van der Waals surface area contributed by atoms with Crippen LogP contribution in [0.25, 0.3) is 22.3 Å². The lowest BCUT2D eigenvalue weighted by Gasteiger charge is -2.33. The van der Waals surface area contributed by atoms with Gasteiger partial charge in [-0.1, -0.05) is 5.92 Å². The molecule has 2 aliphatic rings. The van der Waals surface area contributed by atoms with Gasteiger partial charge in [-0.15, -0.1) is 6.42 Å². The number of hydrogen-bond acceptors (Lipinski definition) is 7. The molecule has 1 aromatic heterocycles. The summed E-state index contributed by atoms with van der Waals surface area (Å²) in [7, 11) is 1.59. The molecule has 2 saturated heterocycles. The highest BCUT2D eigenvalue weighted by molar-refractivity contribution is 5.92. The number of nitrogen functional groups attached to an aromatic ring is 1. The molecule has 2 unspecified atom stereocenters. The molecule has 5 rings (SSSR count). The van der Waals surface area contributed by atoms with E-state index in [4.69, 9.17) is 26.4 Å². The van der Waals surface area contributed by atoms with Gasteiger partial charge in [0.05, 0.1) is 31.4 Å². The number of likely N-dealkylation sites (tertiary alicyclic amines) is 1. The summed E-state index contributed by atoms with van der Waals surface area (Å²) in [5.41, 5.74) is 7.60. The summed E-state index contributed by atoms with van der Waals surface area (Å²) in [4.78, 5) is 11.5. The predicted molar refractivity (Wildman–Crippen MR) is 133 cm³/mol. The minimum absolute atomic E-state index is 0.145. The standard InChI is InChI=1S/C27H29FN4O3/c1-3-17-11-18(5-6-22(17)28)27-30-23-13-24(33-2)25(12-21(23)26(29)31-27)35-10-4-8-32-9-7-19-15-34-16-20(19)14-32/h1,5-6,11-13,19-20H,4,7-10,14-16H2,2H3,(H2,29,30,31). The van der Waals surface area contributed by atoms with Gasteiger partial charge in [0.15, 0.2) is 17.3 Å². The number of benzene rings is 2. The van der Waals surface area contributed by atoms with Crippen LogP contribution in [-0.4, -0.2) is 61.4 Å². The molecule has 0 amide bonds. The summed E-state index contributed by atoms with van der Waals surface area (Å²) >= 11 is 0. The van der Waals surface area contributed by atoms with Crippen molar-refractivity contribution in [3.63, 3.8) is 0 Å². The first-order chi connectivity index (χ1) is 17.1. The molecule has 2 aromatic carbocycles. The summed E-state index contributed by atoms with van der Waals surface area (Å²) in [5, 5.41) is 0.659. The van der Waals surface area contributed by atoms with Gasteiger partial charge in [-0.2, -0.15) is 0 Å². The van der Waals surface area contributed by atoms with Crippen LogP contribution in [0.2, 0.25) is 0 Å². The van der Waals surface area contributed by atoms with Crippen molar-refractivity contribution >= 4 is 16.7 Å². The first-order valence-electron chi connectivity index (χ1n) is 11.9. The number of nitrogens with two attached hydrogens (primary N) is 1. The lowest BCUT2D eigenvalue weighted by Crippen LogP contribution is -2.40. The monoisotopic (exact) mass is 476 g/mol. The van der Waals surface area contributed by atoms with Crippen LogP contribution in [0.15, 0.2) is 30.3 Å². The van der Waals surface area contributed by atoms with Gasteiger partial charge in [-0.3, -0.25) is 0 Å². The van der Waals surface area contributed by atoms with E-state index in [1.165, 1.54) is 18.6 Å². The van der Waals surface area contributed by atoms with Gasteiger partial charge >= 0.3 is 0 Å². The van der Waals surface area contributed by atoms with Crippen LogP contribution in [0.3, 0.4) is 0 Å². The van der Waals surface area contributed by atoms with Crippen LogP contribution in [0, 0.1) is 30.0 Å². The number of fused-ring (bicyclic) bond motifs is 2. The molecule has 0 radical (unpaired) electrons. The second-order valence-corrected chi connectivity index (χ2v) is 9.14. The Labute approximate surface area is 204 Å². The molecule has 2 atom stereocenters. The Kier molecular flexibility index (Phi) is 6.71. The van der Waals surface area contributed by atoms with Crippen molar-refractivity contribution in [2.24, 2.45) is 11.8 Å². The topological polar surface area (TPSA) is 82.7 Å². The van der Waals surface area contributed by atoms with E-state index in [1.54, 1.807) is 19.2 Å². The Morgan fingerprint density at radius 3 is 2.89 bits per heavy atom. The van der Waals surface area contributed by atoms with Crippen molar-refractivity contribution in [1.82, 2.24) is 14.9 Å². The maximum atomic E-state index is 13.8. The summed E-state index contributed by atoms with van der Waals surface area (Å²) in [6.07, 6.45) is 7.52. The number of anilines is 1. The normalized spacial score (nSPS) is 19.9. The average Bonchev–Trinajstić information content (AvgIpc) is 3.34. The van der Waals surface area contributed by atoms with Crippen molar-refractivity contribution in [3.8, 4) is 35.2 Å². The zero-order valence-electron chi connectivity index (χ0n) is 19.8. The molecule has 7 nitrogen and oxygen atoms in total. The maximum Gasteiger partial charge on any atom is 0.162 e. The third-order valence-electron chi connectivity index (χ3n) is 6.91. The second kappa shape index (κ2) is 10.1. The maximum absolute atomic E-state index is 13.8. The first-order valence-corrected chi connectivity index (χ1v) is 11.9. The van der Waals surface area contributed by atoms with E-state index in [1.807, 2.05) is 6.07 Å². The van der Waals surface area contributed by atoms with E-state index >= 15 is 0 Å². The Bertz CT molecular complexity index is 1280. The number of halogens is 1. The Morgan fingerprint density at radius 2 is 2.06 bits per heavy atom. The van der Waals surface area contributed by atoms with E-state index in [0.29, 0.717) is 52.1 Å². The summed E-state index contributed by atoms with van der Waals surface area (Å²) in [6, 6.07) is 8.00. The molecular formula is C27H29FN4O3. The number of nitrogens with zero attached hydrogens (tertiary/aromatic N) is 3. The summed E-state index contributed by atoms with van der Waals surface area (Å²) in [6.45, 7) is 5.60. The minimum Gasteiger partial charge on any atom is -0.493 e. The average molecular weight is 477 g/mol. The number of ether oxygens (including phenoxy) is 3. The van der Waals surface area contributed by atoms with Crippen LogP contribution < -0.4 is 15.2 Å². The fourth-order valence-electron chi connectivity index (χ4n) is 4.95. The van der Waals surface area contributed by atoms with Crippen molar-refractivity contribution in [2.45, 2.75) is 12.8 Å². The largest absolute Gasteiger partial charge is 0.493 e. The van der Waals surface area contributed by atoms with Crippen LogP contribution >= 0.6 is 0 Å². The Hall–Kier alpha value is -3.41. The fourth-order valence-corrected chi connectivity index (χ4v) is 4.95. The van der Waals surface area contributed by atoms with Crippen LogP contribution in [0.4, 0.5) is 10.2 Å². The smallest absolute Gasteiger partial charge is 0.162 e. The molecule has 0 saturated carbocycles. The lowest BCUT2D eigenvalue weighted by atomic mass is 9.89. The van der Waals surface area contributed by atoms with Crippen molar-refractivity contribution < 1.29 is 18.6 Å². The molecule has 35 heavy (non-hydrogen) atoms. The number of aromatic nitrogens is 2. The minimum atomic E-state index is -0.467. The third-order valence-corrected chi connectivity index (χ3v) is 6.91. The van der Waals surface area contributed by atoms with E-state index in [9.17, 15) is 4.39 Å². The fraction of sp³-hybridized carbons (Fsp3) is 0.407. The summed E-state index contributed by atoms with van der Waals surface area (Å²) < 4.78 is 31.1. The van der Waals surface area contributed by atoms with Gasteiger partial charge in [-0.25, -0.2) is 14.4 Å². The molecular weight excluding hydrogens is 447 g/mol. The van der Waals surface area contributed by atoms with E-state index in [0.717, 1.165) is 45.2 Å². The quantitative estimate of drug-likeness (QED) is 0.411. The molecule has 2 N–H and O–H groups in total. The van der Waals surface area contributed by atoms with Gasteiger partial charge in [0, 0.05) is 42.6 Å². The van der Waals surface area contributed by atoms with Gasteiger partial charge in [-0.05, 0) is 49.6 Å². The van der Waals surface area contributed by atoms with E-state index in [2.05, 4.69) is 20.8 Å². The van der Waals surface area contributed by atoms with Crippen LogP contribution in [0.1, 0.15) is 18.4 Å². The SMILES string of the molecule is C#Cc1cc(-c2nc(N)c3cc(OCCCN4CCC5COCC5C4)c(OC)cc3n2)ccc1F. The van der Waals surface area contributed by atoms with Crippen LogP contribution in [-0.2, 0) is 4.74 Å². The van der Waals surface area contributed by atoms with E-state index in [-0.39, 0.29) is 5.56 Å². The number of rotatable bonds is 7. The molecule has 3 aromatic rings. The number of hydrogen-bond donors (Lipinski definition) is 1. The zero-order chi connectivity index (χ0) is 24.4. The first kappa shape index (κ1) is 23.3. The summed E-state index contributed by atoms with van der Waals surface area (Å²) in [5.74, 6) is 5.09. The molecule has 8 heteroatoms. The Balaban J connectivity index is 1.29. The second-order valence-electron chi connectivity index (χ2n) is 9.14. The van der Waals surface area contributed by atoms with E-state index < -0.39 is 5.82 Å². The zero-order valence-corrected chi connectivity index (χ0v) is 19.8. The molecule has 0 aliphatic carbocycles. The lowest BCUT2D eigenvalue weighted by molar-refractivity contribution is 0.138. The highest BCUT2D eigenvalue weighted by Crippen LogP contribution is 2.35. The van der Waals surface area contributed by atoms with Crippen LogP contribution in [0.5, 0.6) is 11.5 Å². The predicted octanol–water partition coefficient (Wildman–Crippen LogP) is 3.75. The van der Waals surface area contributed by atoms with Gasteiger partial charge in [0.1, 0.15) is 11.6 Å². The van der Waals surface area contributed by atoms with Crippen molar-refractivity contribution in [3.05, 3.63) is 41.7 Å². The number of terminal acetylenes is 1. The van der Waals surface area contributed by atoms with Gasteiger partial charge in [0.25, 0.3) is 0 Å². The number of piperidine rings is 1. The number of methoxy groups -OCH3 is 1. The molecule has 0 spiro atoms. The molecule has 2 aliphatic heterocycles. The highest BCUT2D eigenvalue weighted by atomic mass is 19.1. The molecule has 182 valence electrons. The molecule has 0 bridgehead atoms. The Morgan fingerprint density at radius 1 is 1.20 bits per heavy atom. The van der Waals surface area contributed by atoms with Crippen molar-refractivity contribution in [1.29, 1.82) is 0 Å². The van der Waals surface area contributed by atoms with Crippen molar-refractivity contribution in [2.75, 3.05) is 52.3 Å². The highest BCUT2D eigenvalue weighted by Gasteiger charge is 2.33. The van der Waals surface area contributed by atoms with Gasteiger partial charge in [0.2, 0.25) is 0 Å². The molecule has 2 fully saturated rings. The third kappa shape index (κ3) is 4.88.